The van der Waals surface area contributed by atoms with Gasteiger partial charge in [0.15, 0.2) is 0 Å². The first-order valence-corrected chi connectivity index (χ1v) is 6.85. The summed E-state index contributed by atoms with van der Waals surface area (Å²) < 4.78 is 0. The van der Waals surface area contributed by atoms with Gasteiger partial charge in [0.2, 0.25) is 0 Å². The first kappa shape index (κ1) is 13.4. The zero-order valence-electron chi connectivity index (χ0n) is 11.0. The predicted molar refractivity (Wildman–Crippen MR) is 72.7 cm³/mol. The molecule has 1 fully saturated rings. The van der Waals surface area contributed by atoms with E-state index in [-0.39, 0.29) is 0 Å². The van der Waals surface area contributed by atoms with Crippen LogP contribution in [0.3, 0.4) is 0 Å². The van der Waals surface area contributed by atoms with E-state index in [1.54, 1.807) is 12.1 Å². The summed E-state index contributed by atoms with van der Waals surface area (Å²) in [5.41, 5.74) is 1.87. The third-order valence-corrected chi connectivity index (χ3v) is 3.87. The van der Waals surface area contributed by atoms with Crippen LogP contribution in [0.1, 0.15) is 42.9 Å². The molecule has 1 aromatic carbocycles. The largest absolute Gasteiger partial charge is 0.508 e. The Hall–Kier alpha value is -1.06. The van der Waals surface area contributed by atoms with Gasteiger partial charge in [-0.05, 0) is 42.6 Å². The molecular formula is C15H23NO2. The zero-order chi connectivity index (χ0) is 13.0. The molecule has 0 radical (unpaired) electrons. The van der Waals surface area contributed by atoms with Crippen LogP contribution in [0.2, 0.25) is 0 Å². The van der Waals surface area contributed by atoms with Crippen LogP contribution in [0.4, 0.5) is 0 Å². The quantitative estimate of drug-likeness (QED) is 0.751. The highest BCUT2D eigenvalue weighted by molar-refractivity contribution is 5.37. The summed E-state index contributed by atoms with van der Waals surface area (Å²) in [6.07, 6.45) is 5.59. The highest BCUT2D eigenvalue weighted by atomic mass is 16.3. The summed E-state index contributed by atoms with van der Waals surface area (Å²) in [4.78, 5) is 0. The van der Waals surface area contributed by atoms with Crippen LogP contribution in [0.25, 0.3) is 0 Å². The molecule has 1 unspecified atom stereocenters. The molecule has 0 spiro atoms. The first-order valence-electron chi connectivity index (χ1n) is 6.85. The van der Waals surface area contributed by atoms with Crippen molar-refractivity contribution >= 4 is 0 Å². The summed E-state index contributed by atoms with van der Waals surface area (Å²) in [7, 11) is 1.82. The topological polar surface area (TPSA) is 52.5 Å². The minimum atomic E-state index is -0.502. The van der Waals surface area contributed by atoms with E-state index in [0.717, 1.165) is 17.5 Å². The fourth-order valence-corrected chi connectivity index (χ4v) is 2.81. The number of hydrogen-bond acceptors (Lipinski definition) is 3. The van der Waals surface area contributed by atoms with Crippen LogP contribution in [-0.4, -0.2) is 23.8 Å². The van der Waals surface area contributed by atoms with Gasteiger partial charge in [-0.3, -0.25) is 0 Å². The number of hydrogen-bond donors (Lipinski definition) is 3. The molecule has 0 aromatic heterocycles. The van der Waals surface area contributed by atoms with Gasteiger partial charge < -0.3 is 15.5 Å². The second-order valence-electron chi connectivity index (χ2n) is 5.32. The summed E-state index contributed by atoms with van der Waals surface area (Å²) in [6.45, 7) is 0.535. The molecule has 18 heavy (non-hydrogen) atoms. The molecule has 1 saturated carbocycles. The van der Waals surface area contributed by atoms with Crippen molar-refractivity contribution in [3.05, 3.63) is 29.3 Å². The number of rotatable bonds is 5. The molecule has 0 heterocycles. The van der Waals surface area contributed by atoms with Gasteiger partial charge >= 0.3 is 0 Å². The van der Waals surface area contributed by atoms with Crippen LogP contribution < -0.4 is 5.32 Å². The second-order valence-corrected chi connectivity index (χ2v) is 5.32. The van der Waals surface area contributed by atoms with Gasteiger partial charge in [-0.25, -0.2) is 0 Å². The van der Waals surface area contributed by atoms with Crippen LogP contribution in [0.5, 0.6) is 5.75 Å². The molecule has 3 N–H and O–H groups in total. The van der Waals surface area contributed by atoms with Crippen LogP contribution in [-0.2, 0) is 6.42 Å². The molecule has 3 nitrogen and oxygen atoms in total. The maximum atomic E-state index is 9.95. The zero-order valence-corrected chi connectivity index (χ0v) is 11.0. The number of likely N-dealkylation sites (N-methyl/N-ethyl adjacent to an activating group) is 1. The summed E-state index contributed by atoms with van der Waals surface area (Å²) >= 11 is 0. The van der Waals surface area contributed by atoms with Gasteiger partial charge in [0, 0.05) is 6.54 Å². The lowest BCUT2D eigenvalue weighted by Crippen LogP contribution is -2.16. The normalized spacial score (nSPS) is 18.1. The Morgan fingerprint density at radius 3 is 2.72 bits per heavy atom. The van der Waals surface area contributed by atoms with Gasteiger partial charge in [-0.15, -0.1) is 0 Å². The molecule has 1 aliphatic carbocycles. The summed E-state index contributed by atoms with van der Waals surface area (Å²) in [6, 6.07) is 5.46. The third kappa shape index (κ3) is 3.24. The summed E-state index contributed by atoms with van der Waals surface area (Å²) in [5.74, 6) is 1.06. The molecule has 3 heteroatoms. The Kier molecular flexibility index (Phi) is 4.61. The predicted octanol–water partition coefficient (Wildman–Crippen LogP) is 2.38. The van der Waals surface area contributed by atoms with Gasteiger partial charge in [-0.1, -0.05) is 31.7 Å². The van der Waals surface area contributed by atoms with Crippen molar-refractivity contribution < 1.29 is 10.2 Å². The van der Waals surface area contributed by atoms with Crippen molar-refractivity contribution in [1.82, 2.24) is 5.32 Å². The highest BCUT2D eigenvalue weighted by Crippen LogP contribution is 2.32. The molecule has 2 rings (SSSR count). The maximum absolute atomic E-state index is 9.95. The lowest BCUT2D eigenvalue weighted by Gasteiger charge is -2.15. The lowest BCUT2D eigenvalue weighted by molar-refractivity contribution is 0.177. The maximum Gasteiger partial charge on any atom is 0.118 e. The molecule has 1 atom stereocenters. The van der Waals surface area contributed by atoms with Gasteiger partial charge in [0.05, 0.1) is 6.10 Å². The SMILES string of the molecule is CNCC(O)c1ccc(O)c(CC2CCCC2)c1. The molecular weight excluding hydrogens is 226 g/mol. The highest BCUT2D eigenvalue weighted by Gasteiger charge is 2.18. The van der Waals surface area contributed by atoms with E-state index in [9.17, 15) is 10.2 Å². The average molecular weight is 249 g/mol. The first-order chi connectivity index (χ1) is 8.70. The van der Waals surface area contributed by atoms with Crippen molar-refractivity contribution in [1.29, 1.82) is 0 Å². The number of aliphatic hydroxyl groups excluding tert-OH is 1. The van der Waals surface area contributed by atoms with Crippen molar-refractivity contribution in [2.75, 3.05) is 13.6 Å². The Morgan fingerprint density at radius 2 is 2.06 bits per heavy atom. The van der Waals surface area contributed by atoms with E-state index in [0.29, 0.717) is 18.2 Å². The van der Waals surface area contributed by atoms with Crippen molar-refractivity contribution in [2.24, 2.45) is 5.92 Å². The van der Waals surface area contributed by atoms with Crippen molar-refractivity contribution in [3.8, 4) is 5.75 Å². The second kappa shape index (κ2) is 6.21. The van der Waals surface area contributed by atoms with Crippen molar-refractivity contribution in [3.63, 3.8) is 0 Å². The number of aromatic hydroxyl groups is 1. The number of phenolic OH excluding ortho intramolecular Hbond substituents is 1. The smallest absolute Gasteiger partial charge is 0.118 e. The Bertz CT molecular complexity index is 386. The van der Waals surface area contributed by atoms with E-state index >= 15 is 0 Å². The molecule has 1 aromatic rings. The molecule has 0 amide bonds. The molecule has 100 valence electrons. The monoisotopic (exact) mass is 249 g/mol. The Labute approximate surface area is 109 Å². The fraction of sp³-hybridized carbons (Fsp3) is 0.600. The van der Waals surface area contributed by atoms with Crippen LogP contribution in [0, 0.1) is 5.92 Å². The van der Waals surface area contributed by atoms with E-state index in [1.807, 2.05) is 13.1 Å². The van der Waals surface area contributed by atoms with E-state index in [1.165, 1.54) is 25.7 Å². The molecule has 1 aliphatic rings. The minimum Gasteiger partial charge on any atom is -0.508 e. The van der Waals surface area contributed by atoms with Gasteiger partial charge in [0.1, 0.15) is 5.75 Å². The number of benzene rings is 1. The lowest BCUT2D eigenvalue weighted by atomic mass is 9.95. The molecule has 0 saturated heterocycles. The minimum absolute atomic E-state index is 0.363. The molecule has 0 aliphatic heterocycles. The Morgan fingerprint density at radius 1 is 1.33 bits per heavy atom. The van der Waals surface area contributed by atoms with Crippen LogP contribution >= 0.6 is 0 Å². The standard InChI is InChI=1S/C15H23NO2/c1-16-10-15(18)12-6-7-14(17)13(9-12)8-11-4-2-3-5-11/h6-7,9,11,15-18H,2-5,8,10H2,1H3. The summed E-state index contributed by atoms with van der Waals surface area (Å²) in [5, 5.41) is 22.8. The van der Waals surface area contributed by atoms with E-state index in [4.69, 9.17) is 0 Å². The van der Waals surface area contributed by atoms with E-state index < -0.39 is 6.10 Å². The number of aliphatic hydroxyl groups is 1. The van der Waals surface area contributed by atoms with Gasteiger partial charge in [-0.2, -0.15) is 0 Å². The molecule has 0 bridgehead atoms. The third-order valence-electron chi connectivity index (χ3n) is 3.87. The number of phenols is 1. The van der Waals surface area contributed by atoms with Crippen LogP contribution in [0.15, 0.2) is 18.2 Å². The number of nitrogens with one attached hydrogen (secondary N) is 1. The Balaban J connectivity index is 2.10. The fourth-order valence-electron chi connectivity index (χ4n) is 2.81. The van der Waals surface area contributed by atoms with Gasteiger partial charge in [0.25, 0.3) is 0 Å². The van der Waals surface area contributed by atoms with E-state index in [2.05, 4.69) is 5.32 Å². The average Bonchev–Trinajstić information content (AvgIpc) is 2.85. The van der Waals surface area contributed by atoms with Crippen molar-refractivity contribution in [2.45, 2.75) is 38.2 Å².